The maximum atomic E-state index is 14.0. The van der Waals surface area contributed by atoms with Crippen molar-refractivity contribution < 1.29 is 24.2 Å². The SMILES string of the molecule is CCN(CC)c1ccc(NC(=O)C2N([C@H](C)CO)C(=O)[C@@H]3[C@H](C(=O)Nc4ccccc4)[C@H]4OC23CC4Br)cc1. The molecule has 3 N–H and O–H groups in total. The Hall–Kier alpha value is -2.95. The minimum Gasteiger partial charge on any atom is -0.394 e. The molecule has 2 aromatic rings. The zero-order chi connectivity index (χ0) is 27.9. The number of carbonyl (C=O) groups is 3. The van der Waals surface area contributed by atoms with E-state index < -0.39 is 41.5 Å². The summed E-state index contributed by atoms with van der Waals surface area (Å²) in [7, 11) is 0. The molecule has 3 aliphatic rings. The Morgan fingerprint density at radius 1 is 1.08 bits per heavy atom. The Kier molecular flexibility index (Phi) is 7.72. The largest absolute Gasteiger partial charge is 0.394 e. The number of amides is 3. The molecule has 7 atom stereocenters. The fourth-order valence-corrected chi connectivity index (χ4v) is 7.47. The van der Waals surface area contributed by atoms with E-state index in [9.17, 15) is 19.5 Å². The van der Waals surface area contributed by atoms with Gasteiger partial charge in [0.2, 0.25) is 17.7 Å². The first kappa shape index (κ1) is 27.6. The number of halogens is 1. The Labute approximate surface area is 237 Å². The molecule has 3 unspecified atom stereocenters. The van der Waals surface area contributed by atoms with Crippen LogP contribution in [0.15, 0.2) is 54.6 Å². The summed E-state index contributed by atoms with van der Waals surface area (Å²) < 4.78 is 6.49. The lowest BCUT2D eigenvalue weighted by Crippen LogP contribution is -2.56. The molecule has 0 radical (unpaired) electrons. The number of anilines is 3. The summed E-state index contributed by atoms with van der Waals surface area (Å²) in [5, 5.41) is 15.9. The summed E-state index contributed by atoms with van der Waals surface area (Å²) in [5.41, 5.74) is 1.08. The van der Waals surface area contributed by atoms with Gasteiger partial charge >= 0.3 is 0 Å². The van der Waals surface area contributed by atoms with Crippen molar-refractivity contribution in [2.45, 2.75) is 55.8 Å². The molecule has 3 heterocycles. The van der Waals surface area contributed by atoms with Crippen LogP contribution in [-0.4, -0.2) is 76.0 Å². The van der Waals surface area contributed by atoms with Gasteiger partial charge < -0.3 is 30.3 Å². The molecule has 2 aromatic carbocycles. The number of likely N-dealkylation sites (tertiary alicyclic amines) is 1. The molecule has 208 valence electrons. The van der Waals surface area contributed by atoms with E-state index in [0.717, 1.165) is 18.8 Å². The van der Waals surface area contributed by atoms with Crippen LogP contribution in [0.5, 0.6) is 0 Å². The number of aliphatic hydroxyl groups excluding tert-OH is 1. The number of hydrogen-bond donors (Lipinski definition) is 3. The van der Waals surface area contributed by atoms with Gasteiger partial charge in [0.15, 0.2) is 0 Å². The highest BCUT2D eigenvalue weighted by molar-refractivity contribution is 9.09. The van der Waals surface area contributed by atoms with Crippen LogP contribution < -0.4 is 15.5 Å². The Balaban J connectivity index is 1.45. The number of para-hydroxylation sites is 1. The second-order valence-corrected chi connectivity index (χ2v) is 11.7. The van der Waals surface area contributed by atoms with Crippen molar-refractivity contribution >= 4 is 50.7 Å². The molecule has 9 nitrogen and oxygen atoms in total. The standard InChI is InChI=1S/C29H35BrN4O5/c1-4-33(5-2)20-13-11-19(12-14-20)32-27(37)25-29-15-21(30)24(39-29)22(23(29)28(38)34(25)17(3)16-35)26(36)31-18-9-7-6-8-10-18/h6-14,17,21-25,35H,4-5,15-16H2,1-3H3,(H,31,36)(H,32,37)/t17-,21?,22+,23+,24+,25?,29?/m1/s1. The monoisotopic (exact) mass is 598 g/mol. The van der Waals surface area contributed by atoms with E-state index in [1.807, 2.05) is 42.5 Å². The lowest BCUT2D eigenvalue weighted by molar-refractivity contribution is -0.142. The second kappa shape index (κ2) is 10.9. The smallest absolute Gasteiger partial charge is 0.250 e. The van der Waals surface area contributed by atoms with E-state index in [-0.39, 0.29) is 23.2 Å². The molecule has 39 heavy (non-hydrogen) atoms. The summed E-state index contributed by atoms with van der Waals surface area (Å²) in [6.07, 6.45) is -0.158. The number of alkyl halides is 1. The van der Waals surface area contributed by atoms with Crippen LogP contribution >= 0.6 is 15.9 Å². The van der Waals surface area contributed by atoms with E-state index in [2.05, 4.69) is 45.3 Å². The molecule has 0 aromatic heterocycles. The van der Waals surface area contributed by atoms with Crippen molar-refractivity contribution in [2.75, 3.05) is 35.2 Å². The molecule has 3 saturated heterocycles. The van der Waals surface area contributed by atoms with Crippen LogP contribution in [0.1, 0.15) is 27.2 Å². The van der Waals surface area contributed by atoms with Gasteiger partial charge in [0, 0.05) is 35.0 Å². The third kappa shape index (κ3) is 4.62. The van der Waals surface area contributed by atoms with Crippen LogP contribution in [0.3, 0.4) is 0 Å². The predicted molar refractivity (Wildman–Crippen MR) is 153 cm³/mol. The molecule has 3 fully saturated rings. The predicted octanol–water partition coefficient (Wildman–Crippen LogP) is 3.24. The molecule has 2 bridgehead atoms. The Morgan fingerprint density at radius 2 is 1.69 bits per heavy atom. The van der Waals surface area contributed by atoms with E-state index in [1.165, 1.54) is 4.90 Å². The highest BCUT2D eigenvalue weighted by atomic mass is 79.9. The molecule has 5 rings (SSSR count). The maximum Gasteiger partial charge on any atom is 0.250 e. The number of rotatable bonds is 9. The molecule has 10 heteroatoms. The van der Waals surface area contributed by atoms with Crippen LogP contribution in [0.2, 0.25) is 0 Å². The number of hydrogen-bond acceptors (Lipinski definition) is 6. The molecule has 0 saturated carbocycles. The second-order valence-electron chi connectivity index (χ2n) is 10.5. The van der Waals surface area contributed by atoms with Crippen LogP contribution in [-0.2, 0) is 19.1 Å². The highest BCUT2D eigenvalue weighted by Crippen LogP contribution is 2.60. The van der Waals surface area contributed by atoms with Gasteiger partial charge in [-0.1, -0.05) is 34.1 Å². The van der Waals surface area contributed by atoms with Crippen molar-refractivity contribution in [3.05, 3.63) is 54.6 Å². The first-order chi connectivity index (χ1) is 18.7. The quantitative estimate of drug-likeness (QED) is 0.382. The molecular weight excluding hydrogens is 564 g/mol. The number of nitrogens with one attached hydrogen (secondary N) is 2. The van der Waals surface area contributed by atoms with Gasteiger partial charge in [0.05, 0.1) is 30.6 Å². The average molecular weight is 600 g/mol. The van der Waals surface area contributed by atoms with E-state index in [4.69, 9.17) is 4.74 Å². The molecule has 0 aliphatic carbocycles. The van der Waals surface area contributed by atoms with Crippen molar-refractivity contribution in [2.24, 2.45) is 11.8 Å². The summed E-state index contributed by atoms with van der Waals surface area (Å²) >= 11 is 3.67. The molecule has 1 spiro atoms. The van der Waals surface area contributed by atoms with Gasteiger partial charge in [-0.3, -0.25) is 14.4 Å². The van der Waals surface area contributed by atoms with Gasteiger partial charge in [-0.15, -0.1) is 0 Å². The van der Waals surface area contributed by atoms with Gasteiger partial charge in [-0.05, 0) is 63.6 Å². The van der Waals surface area contributed by atoms with Gasteiger partial charge in [0.1, 0.15) is 11.6 Å². The van der Waals surface area contributed by atoms with Gasteiger partial charge in [-0.2, -0.15) is 0 Å². The topological polar surface area (TPSA) is 111 Å². The Morgan fingerprint density at radius 3 is 2.31 bits per heavy atom. The fraction of sp³-hybridized carbons (Fsp3) is 0.483. The highest BCUT2D eigenvalue weighted by Gasteiger charge is 2.76. The zero-order valence-electron chi connectivity index (χ0n) is 22.3. The lowest BCUT2D eigenvalue weighted by Gasteiger charge is -2.35. The van der Waals surface area contributed by atoms with Gasteiger partial charge in [-0.25, -0.2) is 0 Å². The van der Waals surface area contributed by atoms with E-state index in [0.29, 0.717) is 17.8 Å². The van der Waals surface area contributed by atoms with Crippen molar-refractivity contribution in [1.82, 2.24) is 4.90 Å². The minimum absolute atomic E-state index is 0.207. The number of aliphatic hydroxyl groups is 1. The first-order valence-corrected chi connectivity index (χ1v) is 14.4. The molecular formula is C29H35BrN4O5. The average Bonchev–Trinajstić information content (AvgIpc) is 3.53. The molecule has 3 amide bonds. The third-order valence-electron chi connectivity index (χ3n) is 8.32. The fourth-order valence-electron chi connectivity index (χ4n) is 6.53. The normalized spacial score (nSPS) is 29.7. The number of carbonyl (C=O) groups excluding carboxylic acids is 3. The summed E-state index contributed by atoms with van der Waals surface area (Å²) in [6, 6.07) is 15.0. The number of benzene rings is 2. The molecule has 3 aliphatic heterocycles. The van der Waals surface area contributed by atoms with Crippen molar-refractivity contribution in [3.8, 4) is 0 Å². The lowest BCUT2D eigenvalue weighted by atomic mass is 9.70. The van der Waals surface area contributed by atoms with Gasteiger partial charge in [0.25, 0.3) is 0 Å². The third-order valence-corrected chi connectivity index (χ3v) is 9.17. The Bertz CT molecular complexity index is 1220. The number of nitrogens with zero attached hydrogens (tertiary/aromatic N) is 2. The minimum atomic E-state index is -1.19. The van der Waals surface area contributed by atoms with E-state index in [1.54, 1.807) is 19.1 Å². The van der Waals surface area contributed by atoms with E-state index >= 15 is 0 Å². The first-order valence-electron chi connectivity index (χ1n) is 13.5. The zero-order valence-corrected chi connectivity index (χ0v) is 23.9. The van der Waals surface area contributed by atoms with Crippen molar-refractivity contribution in [1.29, 1.82) is 0 Å². The van der Waals surface area contributed by atoms with Crippen LogP contribution in [0.25, 0.3) is 0 Å². The summed E-state index contributed by atoms with van der Waals surface area (Å²) in [6.45, 7) is 7.30. The summed E-state index contributed by atoms with van der Waals surface area (Å²) in [5.74, 6) is -2.68. The van der Waals surface area contributed by atoms with Crippen LogP contribution in [0.4, 0.5) is 17.1 Å². The summed E-state index contributed by atoms with van der Waals surface area (Å²) in [4.78, 5) is 44.9. The number of ether oxygens (including phenoxy) is 1. The maximum absolute atomic E-state index is 14.0. The van der Waals surface area contributed by atoms with Crippen molar-refractivity contribution in [3.63, 3.8) is 0 Å². The number of fused-ring (bicyclic) bond motifs is 1. The van der Waals surface area contributed by atoms with Crippen LogP contribution in [0, 0.1) is 11.8 Å².